The van der Waals surface area contributed by atoms with E-state index in [1.807, 2.05) is 44.0 Å². The number of nitrogens with one attached hydrogen (secondary N) is 2. The smallest absolute Gasteiger partial charge is 0.237 e. The van der Waals surface area contributed by atoms with Gasteiger partial charge in [0.2, 0.25) is 5.88 Å². The summed E-state index contributed by atoms with van der Waals surface area (Å²) in [6.45, 7) is 3.62. The number of halogens is 1. The molecule has 0 saturated heterocycles. The third-order valence-electron chi connectivity index (χ3n) is 6.08. The Labute approximate surface area is 207 Å². The maximum Gasteiger partial charge on any atom is 0.237 e. The van der Waals surface area contributed by atoms with Gasteiger partial charge >= 0.3 is 0 Å². The number of benzene rings is 1. The first-order valence-electron chi connectivity index (χ1n) is 11.4. The molecule has 0 fully saturated rings. The molecule has 0 saturated carbocycles. The van der Waals surface area contributed by atoms with Crippen molar-refractivity contribution in [2.24, 2.45) is 7.05 Å². The van der Waals surface area contributed by atoms with E-state index in [1.54, 1.807) is 4.68 Å². The van der Waals surface area contributed by atoms with E-state index in [4.69, 9.17) is 4.74 Å². The summed E-state index contributed by atoms with van der Waals surface area (Å²) in [4.78, 5) is 9.18. The molecule has 34 heavy (non-hydrogen) atoms. The number of aryl methyl sites for hydroxylation is 1. The Bertz CT molecular complexity index is 1240. The molecule has 0 spiro atoms. The topological polar surface area (TPSA) is 76.9 Å². The molecule has 5 rings (SSSR count). The Balaban J connectivity index is 1.33. The van der Waals surface area contributed by atoms with Crippen LogP contribution >= 0.6 is 15.9 Å². The van der Waals surface area contributed by atoms with Crippen molar-refractivity contribution in [1.29, 1.82) is 0 Å². The lowest BCUT2D eigenvalue weighted by molar-refractivity contribution is 0.149. The summed E-state index contributed by atoms with van der Waals surface area (Å²) in [5, 5.41) is 11.5. The number of nitrogens with zero attached hydrogens (tertiary/aromatic N) is 4. The molecule has 8 heteroatoms. The predicted molar refractivity (Wildman–Crippen MR) is 137 cm³/mol. The highest BCUT2D eigenvalue weighted by Crippen LogP contribution is 2.34. The van der Waals surface area contributed by atoms with Gasteiger partial charge in [-0.1, -0.05) is 37.3 Å². The van der Waals surface area contributed by atoms with Crippen molar-refractivity contribution in [1.82, 2.24) is 25.1 Å². The van der Waals surface area contributed by atoms with Crippen LogP contribution in [0.2, 0.25) is 0 Å². The van der Waals surface area contributed by atoms with Gasteiger partial charge in [0.15, 0.2) is 0 Å². The predicted octanol–water partition coefficient (Wildman–Crippen LogP) is 4.95. The summed E-state index contributed by atoms with van der Waals surface area (Å²) in [7, 11) is 1.91. The number of hydrogen-bond acceptors (Lipinski definition) is 6. The Morgan fingerprint density at radius 2 is 1.97 bits per heavy atom. The molecule has 1 aliphatic rings. The number of aromatic nitrogens is 4. The van der Waals surface area contributed by atoms with E-state index in [1.165, 1.54) is 5.56 Å². The number of hydrogen-bond donors (Lipinski definition) is 2. The standard InChI is InChI=1S/C26H27BrN6O/c1-17(22-9-8-21(27)14-28-22)11-30-25(18-6-4-3-5-7-18)24-15-29-23-10-19(12-31-26(23)34-24)20-13-32-33(2)16-20/h3-10,12-14,16-17,24-25,29-30H,11,15H2,1-2H3/t17-,24+,25-/m1/s1. The van der Waals surface area contributed by atoms with E-state index >= 15 is 0 Å². The lowest BCUT2D eigenvalue weighted by atomic mass is 9.98. The fraction of sp³-hybridized carbons (Fsp3) is 0.269. The molecule has 0 amide bonds. The molecular weight excluding hydrogens is 492 g/mol. The van der Waals surface area contributed by atoms with Crippen LogP contribution in [0.25, 0.3) is 11.1 Å². The summed E-state index contributed by atoms with van der Waals surface area (Å²) in [5.74, 6) is 0.873. The van der Waals surface area contributed by atoms with Gasteiger partial charge in [0.05, 0.1) is 24.5 Å². The number of ether oxygens (including phenoxy) is 1. The fourth-order valence-corrected chi connectivity index (χ4v) is 4.43. The quantitative estimate of drug-likeness (QED) is 0.360. The van der Waals surface area contributed by atoms with Crippen LogP contribution in [0.15, 0.2) is 77.8 Å². The van der Waals surface area contributed by atoms with Gasteiger partial charge in [0, 0.05) is 59.4 Å². The van der Waals surface area contributed by atoms with Gasteiger partial charge in [-0.05, 0) is 39.7 Å². The molecule has 1 aliphatic heterocycles. The fourth-order valence-electron chi connectivity index (χ4n) is 4.19. The van der Waals surface area contributed by atoms with Crippen LogP contribution in [0.1, 0.15) is 30.1 Å². The van der Waals surface area contributed by atoms with Gasteiger partial charge in [-0.25, -0.2) is 4.98 Å². The van der Waals surface area contributed by atoms with Gasteiger partial charge < -0.3 is 15.4 Å². The zero-order valence-electron chi connectivity index (χ0n) is 19.1. The third kappa shape index (κ3) is 4.98. The molecule has 7 nitrogen and oxygen atoms in total. The molecule has 2 N–H and O–H groups in total. The summed E-state index contributed by atoms with van der Waals surface area (Å²) >= 11 is 3.46. The summed E-state index contributed by atoms with van der Waals surface area (Å²) in [5.41, 5.74) is 5.17. The zero-order chi connectivity index (χ0) is 23.5. The largest absolute Gasteiger partial charge is 0.469 e. The average Bonchev–Trinajstić information content (AvgIpc) is 3.31. The number of pyridine rings is 2. The number of fused-ring (bicyclic) bond motifs is 1. The van der Waals surface area contributed by atoms with Gasteiger partial charge in [-0.3, -0.25) is 9.67 Å². The maximum atomic E-state index is 6.42. The Morgan fingerprint density at radius 3 is 2.71 bits per heavy atom. The van der Waals surface area contributed by atoms with Crippen molar-refractivity contribution in [2.75, 3.05) is 18.4 Å². The van der Waals surface area contributed by atoms with Crippen molar-refractivity contribution in [2.45, 2.75) is 25.0 Å². The second kappa shape index (κ2) is 9.95. The van der Waals surface area contributed by atoms with Crippen LogP contribution < -0.4 is 15.4 Å². The Hall–Kier alpha value is -3.23. The van der Waals surface area contributed by atoms with Crippen molar-refractivity contribution in [3.8, 4) is 17.0 Å². The van der Waals surface area contributed by atoms with Crippen molar-refractivity contribution < 1.29 is 4.74 Å². The average molecular weight is 519 g/mol. The van der Waals surface area contributed by atoms with Gasteiger partial charge in [0.25, 0.3) is 0 Å². The minimum atomic E-state index is -0.114. The summed E-state index contributed by atoms with van der Waals surface area (Å²) < 4.78 is 9.19. The molecule has 1 aromatic carbocycles. The van der Waals surface area contributed by atoms with Gasteiger partial charge in [-0.15, -0.1) is 0 Å². The normalized spacial score (nSPS) is 16.7. The Kier molecular flexibility index (Phi) is 6.60. The minimum Gasteiger partial charge on any atom is -0.469 e. The zero-order valence-corrected chi connectivity index (χ0v) is 20.7. The first kappa shape index (κ1) is 22.6. The van der Waals surface area contributed by atoms with Gasteiger partial charge in [0.1, 0.15) is 6.10 Å². The number of anilines is 1. The van der Waals surface area contributed by atoms with Crippen LogP contribution in [0, 0.1) is 0 Å². The van der Waals surface area contributed by atoms with Crippen LogP contribution in [-0.2, 0) is 7.05 Å². The first-order valence-corrected chi connectivity index (χ1v) is 12.2. The molecule has 3 aromatic heterocycles. The van der Waals surface area contributed by atoms with E-state index in [0.717, 1.165) is 33.5 Å². The maximum absolute atomic E-state index is 6.42. The SMILES string of the molecule is C[C@H](CN[C@H](c1ccccc1)[C@@H]1CNc2cc(-c3cnn(C)c3)cnc2O1)c1ccc(Br)cn1. The molecule has 4 aromatic rings. The van der Waals surface area contributed by atoms with E-state index in [-0.39, 0.29) is 18.1 Å². The van der Waals surface area contributed by atoms with E-state index in [2.05, 4.69) is 85.0 Å². The lowest BCUT2D eigenvalue weighted by Crippen LogP contribution is -2.43. The second-order valence-electron chi connectivity index (χ2n) is 8.62. The molecule has 0 unspecified atom stereocenters. The van der Waals surface area contributed by atoms with Crippen molar-refractivity contribution in [3.05, 3.63) is 89.0 Å². The first-order chi connectivity index (χ1) is 16.6. The number of rotatable bonds is 7. The van der Waals surface area contributed by atoms with E-state index in [9.17, 15) is 0 Å². The molecular formula is C26H27BrN6O. The molecule has 0 bridgehead atoms. The van der Waals surface area contributed by atoms with Crippen LogP contribution in [0.5, 0.6) is 5.88 Å². The molecule has 0 radical (unpaired) electrons. The van der Waals surface area contributed by atoms with E-state index in [0.29, 0.717) is 12.4 Å². The summed E-state index contributed by atoms with van der Waals surface area (Å²) in [6.07, 6.45) is 7.39. The highest BCUT2D eigenvalue weighted by atomic mass is 79.9. The highest BCUT2D eigenvalue weighted by molar-refractivity contribution is 9.10. The minimum absolute atomic E-state index is 0.000418. The molecule has 0 aliphatic carbocycles. The van der Waals surface area contributed by atoms with Crippen LogP contribution in [0.4, 0.5) is 5.69 Å². The molecule has 174 valence electrons. The van der Waals surface area contributed by atoms with Gasteiger partial charge in [-0.2, -0.15) is 5.10 Å². The lowest BCUT2D eigenvalue weighted by Gasteiger charge is -2.34. The summed E-state index contributed by atoms with van der Waals surface area (Å²) in [6, 6.07) is 16.6. The van der Waals surface area contributed by atoms with Crippen molar-refractivity contribution in [3.63, 3.8) is 0 Å². The van der Waals surface area contributed by atoms with Crippen LogP contribution in [-0.4, -0.2) is 38.9 Å². The van der Waals surface area contributed by atoms with Crippen molar-refractivity contribution >= 4 is 21.6 Å². The van der Waals surface area contributed by atoms with Crippen LogP contribution in [0.3, 0.4) is 0 Å². The van der Waals surface area contributed by atoms with E-state index < -0.39 is 0 Å². The second-order valence-corrected chi connectivity index (χ2v) is 9.53. The molecule has 4 heterocycles. The monoisotopic (exact) mass is 518 g/mol. The Morgan fingerprint density at radius 1 is 1.12 bits per heavy atom. The third-order valence-corrected chi connectivity index (χ3v) is 6.54. The highest BCUT2D eigenvalue weighted by Gasteiger charge is 2.30. The molecule has 3 atom stereocenters.